The third-order valence-corrected chi connectivity index (χ3v) is 5.71. The van der Waals surface area contributed by atoms with Crippen LogP contribution in [0.1, 0.15) is 24.4 Å². The van der Waals surface area contributed by atoms with Crippen LogP contribution in [0.5, 0.6) is 5.88 Å². The van der Waals surface area contributed by atoms with E-state index in [1.54, 1.807) is 25.4 Å². The number of ether oxygens (including phenoxy) is 1. The molecule has 2 fully saturated rings. The Labute approximate surface area is 194 Å². The van der Waals surface area contributed by atoms with E-state index in [4.69, 9.17) is 4.74 Å². The van der Waals surface area contributed by atoms with Crippen LogP contribution < -0.4 is 15.0 Å². The standard InChI is InChI=1S/C21H26FN5O2.2ClH/c1-29-19-5-8-24-21(25-19)26-10-6-15(7-11-26)20(28)27-12-9-23-14-18(27)16-3-2-4-17(22)13-16;;/h2-5,8,13,15,18,23H,6-7,9-12,14H2,1H3;2*1H. The molecule has 3 heterocycles. The molecule has 1 amide bonds. The van der Waals surface area contributed by atoms with Crippen LogP contribution in [0.3, 0.4) is 0 Å². The van der Waals surface area contributed by atoms with E-state index < -0.39 is 0 Å². The zero-order valence-corrected chi connectivity index (χ0v) is 19.0. The van der Waals surface area contributed by atoms with Gasteiger partial charge in [-0.1, -0.05) is 12.1 Å². The molecular weight excluding hydrogens is 444 g/mol. The highest BCUT2D eigenvalue weighted by molar-refractivity contribution is 5.85. The van der Waals surface area contributed by atoms with Crippen molar-refractivity contribution in [2.75, 3.05) is 44.7 Å². The Kier molecular flexibility index (Phi) is 9.28. The molecule has 1 atom stereocenters. The van der Waals surface area contributed by atoms with E-state index in [1.165, 1.54) is 12.1 Å². The maximum atomic E-state index is 13.7. The van der Waals surface area contributed by atoms with Crippen molar-refractivity contribution in [1.29, 1.82) is 0 Å². The van der Waals surface area contributed by atoms with Gasteiger partial charge in [-0.25, -0.2) is 9.37 Å². The van der Waals surface area contributed by atoms with Crippen LogP contribution in [0.2, 0.25) is 0 Å². The van der Waals surface area contributed by atoms with Gasteiger partial charge in [0.15, 0.2) is 0 Å². The number of amides is 1. The fraction of sp³-hybridized carbons (Fsp3) is 0.476. The van der Waals surface area contributed by atoms with Gasteiger partial charge in [-0.15, -0.1) is 24.8 Å². The summed E-state index contributed by atoms with van der Waals surface area (Å²) in [6, 6.07) is 8.14. The van der Waals surface area contributed by atoms with Crippen molar-refractivity contribution in [3.05, 3.63) is 47.9 Å². The number of nitrogens with one attached hydrogen (secondary N) is 1. The number of hydrogen-bond donors (Lipinski definition) is 1. The van der Waals surface area contributed by atoms with Crippen molar-refractivity contribution in [2.45, 2.75) is 18.9 Å². The van der Waals surface area contributed by atoms with Gasteiger partial charge in [-0.3, -0.25) is 4.79 Å². The summed E-state index contributed by atoms with van der Waals surface area (Å²) in [6.07, 6.45) is 3.18. The van der Waals surface area contributed by atoms with Crippen LogP contribution in [-0.2, 0) is 4.79 Å². The van der Waals surface area contributed by atoms with Crippen molar-refractivity contribution in [3.8, 4) is 5.88 Å². The lowest BCUT2D eigenvalue weighted by Crippen LogP contribution is -2.52. The minimum absolute atomic E-state index is 0. The van der Waals surface area contributed by atoms with E-state index in [0.29, 0.717) is 24.9 Å². The number of anilines is 1. The Hall–Kier alpha value is -2.16. The van der Waals surface area contributed by atoms with Gasteiger partial charge in [0.25, 0.3) is 0 Å². The van der Waals surface area contributed by atoms with Crippen molar-refractivity contribution in [2.24, 2.45) is 5.92 Å². The Morgan fingerprint density at radius 2 is 1.97 bits per heavy atom. The molecule has 2 aromatic rings. The molecule has 1 N–H and O–H groups in total. The van der Waals surface area contributed by atoms with Crippen LogP contribution in [0.15, 0.2) is 36.5 Å². The van der Waals surface area contributed by atoms with Crippen LogP contribution in [0.25, 0.3) is 0 Å². The number of piperazine rings is 1. The highest BCUT2D eigenvalue weighted by Gasteiger charge is 2.34. The van der Waals surface area contributed by atoms with E-state index in [0.717, 1.165) is 38.0 Å². The first-order valence-electron chi connectivity index (χ1n) is 10.0. The summed E-state index contributed by atoms with van der Waals surface area (Å²) in [7, 11) is 1.58. The van der Waals surface area contributed by atoms with Crippen molar-refractivity contribution in [1.82, 2.24) is 20.2 Å². The number of hydrogen-bond acceptors (Lipinski definition) is 6. The van der Waals surface area contributed by atoms with E-state index >= 15 is 0 Å². The van der Waals surface area contributed by atoms with Gasteiger partial charge in [0.1, 0.15) is 5.82 Å². The molecule has 1 aromatic carbocycles. The summed E-state index contributed by atoms with van der Waals surface area (Å²) < 4.78 is 18.9. The number of methoxy groups -OCH3 is 1. The molecule has 7 nitrogen and oxygen atoms in total. The molecule has 31 heavy (non-hydrogen) atoms. The number of aromatic nitrogens is 2. The fourth-order valence-corrected chi connectivity index (χ4v) is 4.14. The minimum Gasteiger partial charge on any atom is -0.481 e. The van der Waals surface area contributed by atoms with Crippen molar-refractivity contribution >= 4 is 36.7 Å². The molecule has 2 aliphatic heterocycles. The highest BCUT2D eigenvalue weighted by atomic mass is 35.5. The third-order valence-electron chi connectivity index (χ3n) is 5.71. The van der Waals surface area contributed by atoms with Gasteiger partial charge in [-0.2, -0.15) is 4.98 Å². The van der Waals surface area contributed by atoms with Crippen LogP contribution in [0, 0.1) is 11.7 Å². The Morgan fingerprint density at radius 3 is 2.68 bits per heavy atom. The van der Waals surface area contributed by atoms with Gasteiger partial charge in [-0.05, 0) is 30.5 Å². The van der Waals surface area contributed by atoms with E-state index in [2.05, 4.69) is 20.2 Å². The monoisotopic (exact) mass is 471 g/mol. The summed E-state index contributed by atoms with van der Waals surface area (Å²) in [5.41, 5.74) is 0.841. The van der Waals surface area contributed by atoms with Crippen molar-refractivity contribution in [3.63, 3.8) is 0 Å². The first kappa shape index (κ1) is 25.1. The zero-order valence-electron chi connectivity index (χ0n) is 17.4. The normalized spacial score (nSPS) is 19.2. The van der Waals surface area contributed by atoms with Crippen molar-refractivity contribution < 1.29 is 13.9 Å². The van der Waals surface area contributed by atoms with Gasteiger partial charge >= 0.3 is 0 Å². The van der Waals surface area contributed by atoms with Gasteiger partial charge in [0.2, 0.25) is 17.7 Å². The van der Waals surface area contributed by atoms with Gasteiger partial charge < -0.3 is 19.9 Å². The highest BCUT2D eigenvalue weighted by Crippen LogP contribution is 2.29. The molecular formula is C21H28Cl2FN5O2. The molecule has 1 aromatic heterocycles. The summed E-state index contributed by atoms with van der Waals surface area (Å²) in [6.45, 7) is 3.49. The van der Waals surface area contributed by atoms with Gasteiger partial charge in [0, 0.05) is 50.9 Å². The maximum Gasteiger partial charge on any atom is 0.228 e. The Morgan fingerprint density at radius 1 is 1.19 bits per heavy atom. The van der Waals surface area contributed by atoms with E-state index in [1.807, 2.05) is 11.0 Å². The zero-order chi connectivity index (χ0) is 20.2. The average Bonchev–Trinajstić information content (AvgIpc) is 2.79. The number of halogens is 3. The first-order valence-corrected chi connectivity index (χ1v) is 10.0. The van der Waals surface area contributed by atoms with E-state index in [-0.39, 0.29) is 48.5 Å². The number of carbonyl (C=O) groups excluding carboxylic acids is 1. The molecule has 4 rings (SSSR count). The third kappa shape index (κ3) is 5.75. The summed E-state index contributed by atoms with van der Waals surface area (Å²) in [5, 5.41) is 3.33. The number of nitrogens with zero attached hydrogens (tertiary/aromatic N) is 4. The van der Waals surface area contributed by atoms with Crippen LogP contribution in [0.4, 0.5) is 10.3 Å². The second kappa shape index (κ2) is 11.5. The summed E-state index contributed by atoms with van der Waals surface area (Å²) in [4.78, 5) is 26.0. The van der Waals surface area contributed by atoms with Crippen LogP contribution >= 0.6 is 24.8 Å². The SMILES string of the molecule is COc1ccnc(N2CCC(C(=O)N3CCNCC3c3cccc(F)c3)CC2)n1.Cl.Cl. The van der Waals surface area contributed by atoms with Crippen LogP contribution in [-0.4, -0.2) is 60.6 Å². The number of carbonyl (C=O) groups is 1. The molecule has 0 saturated carbocycles. The second-order valence-electron chi connectivity index (χ2n) is 7.47. The molecule has 170 valence electrons. The number of piperidine rings is 1. The molecule has 2 aliphatic rings. The Balaban J connectivity index is 0.00000171. The largest absolute Gasteiger partial charge is 0.481 e. The molecule has 2 saturated heterocycles. The lowest BCUT2D eigenvalue weighted by Gasteiger charge is -2.40. The average molecular weight is 472 g/mol. The minimum atomic E-state index is -0.271. The molecule has 10 heteroatoms. The Bertz CT molecular complexity index is 867. The predicted octanol–water partition coefficient (Wildman–Crippen LogP) is 2.86. The maximum absolute atomic E-state index is 13.7. The smallest absolute Gasteiger partial charge is 0.228 e. The molecule has 0 radical (unpaired) electrons. The molecule has 0 bridgehead atoms. The second-order valence-corrected chi connectivity index (χ2v) is 7.47. The summed E-state index contributed by atoms with van der Waals surface area (Å²) in [5.74, 6) is 1.02. The topological polar surface area (TPSA) is 70.6 Å². The number of benzene rings is 1. The predicted molar refractivity (Wildman–Crippen MR) is 122 cm³/mol. The molecule has 0 aliphatic carbocycles. The molecule has 1 unspecified atom stereocenters. The lowest BCUT2D eigenvalue weighted by atomic mass is 9.93. The number of rotatable bonds is 4. The first-order chi connectivity index (χ1) is 14.2. The lowest BCUT2D eigenvalue weighted by molar-refractivity contribution is -0.139. The van der Waals surface area contributed by atoms with E-state index in [9.17, 15) is 9.18 Å². The molecule has 0 spiro atoms. The van der Waals surface area contributed by atoms with Gasteiger partial charge in [0.05, 0.1) is 13.2 Å². The quantitative estimate of drug-likeness (QED) is 0.738. The summed E-state index contributed by atoms with van der Waals surface area (Å²) >= 11 is 0. The fourth-order valence-electron chi connectivity index (χ4n) is 4.14.